The number of ether oxygens (including phenoxy) is 1. The van der Waals surface area contributed by atoms with E-state index < -0.39 is 0 Å². The van der Waals surface area contributed by atoms with Gasteiger partial charge >= 0.3 is 0 Å². The number of hydrogen-bond donors (Lipinski definition) is 2. The first-order valence-electron chi connectivity index (χ1n) is 9.04. The van der Waals surface area contributed by atoms with E-state index in [4.69, 9.17) is 4.74 Å². The van der Waals surface area contributed by atoms with Crippen molar-refractivity contribution >= 4 is 41.3 Å². The minimum Gasteiger partial charge on any atom is -0.487 e. The second-order valence-electron chi connectivity index (χ2n) is 6.99. The molecule has 4 nitrogen and oxygen atoms in total. The zero-order valence-corrected chi connectivity index (χ0v) is 18.2. The summed E-state index contributed by atoms with van der Waals surface area (Å²) in [4.78, 5) is 4.43. The molecule has 2 N–H and O–H groups in total. The Morgan fingerprint density at radius 1 is 1.27 bits per heavy atom. The predicted molar refractivity (Wildman–Crippen MR) is 119 cm³/mol. The van der Waals surface area contributed by atoms with Gasteiger partial charge in [0.05, 0.1) is 6.04 Å². The molecule has 1 atom stereocenters. The number of hydrogen-bond acceptors (Lipinski definition) is 3. The molecule has 0 saturated heterocycles. The van der Waals surface area contributed by atoms with Gasteiger partial charge in [-0.05, 0) is 54.1 Å². The standard InChI is InChI=1S/C20H25N3OS.HI/c1-21-19(22-13-15-8-11-25-14-15)23-17-12-20(9-4-5-10-20)24-18-7-3-2-6-16(17)18;/h2-3,6-8,11,14,17H,4-5,9-10,12-13H2,1H3,(H2,21,22,23);1H. The average Bonchev–Trinajstić information content (AvgIpc) is 3.31. The molecular formula is C20H26IN3OS. The van der Waals surface area contributed by atoms with E-state index in [1.54, 1.807) is 11.3 Å². The third-order valence-electron chi connectivity index (χ3n) is 5.29. The lowest BCUT2D eigenvalue weighted by molar-refractivity contribution is 0.0396. The molecule has 140 valence electrons. The Bertz CT molecular complexity index is 741. The third kappa shape index (κ3) is 4.17. The van der Waals surface area contributed by atoms with E-state index in [0.717, 1.165) is 37.5 Å². The van der Waals surface area contributed by atoms with Crippen LogP contribution in [0.5, 0.6) is 5.75 Å². The zero-order valence-electron chi connectivity index (χ0n) is 15.0. The molecule has 2 aromatic rings. The molecule has 0 amide bonds. The fourth-order valence-electron chi connectivity index (χ4n) is 4.01. The van der Waals surface area contributed by atoms with Crippen molar-refractivity contribution in [2.24, 2.45) is 4.99 Å². The highest BCUT2D eigenvalue weighted by atomic mass is 127. The van der Waals surface area contributed by atoms with E-state index in [0.29, 0.717) is 0 Å². The van der Waals surface area contributed by atoms with E-state index in [1.165, 1.54) is 24.0 Å². The Hall–Kier alpha value is -1.28. The number of nitrogens with one attached hydrogen (secondary N) is 2. The second kappa shape index (κ2) is 8.61. The van der Waals surface area contributed by atoms with Crippen LogP contribution in [0.25, 0.3) is 0 Å². The minimum absolute atomic E-state index is 0. The summed E-state index contributed by atoms with van der Waals surface area (Å²) in [7, 11) is 1.83. The molecule has 1 aliphatic carbocycles. The summed E-state index contributed by atoms with van der Waals surface area (Å²) < 4.78 is 6.45. The largest absolute Gasteiger partial charge is 0.487 e. The third-order valence-corrected chi connectivity index (χ3v) is 6.02. The van der Waals surface area contributed by atoms with Gasteiger partial charge in [-0.1, -0.05) is 18.2 Å². The number of aliphatic imine (C=N–C) groups is 1. The number of thiophene rings is 1. The summed E-state index contributed by atoms with van der Waals surface area (Å²) in [6, 6.07) is 10.8. The monoisotopic (exact) mass is 483 g/mol. The smallest absolute Gasteiger partial charge is 0.191 e. The number of fused-ring (bicyclic) bond motifs is 1. The lowest BCUT2D eigenvalue weighted by Crippen LogP contribution is -2.46. The maximum absolute atomic E-state index is 6.45. The van der Waals surface area contributed by atoms with E-state index in [2.05, 4.69) is 56.7 Å². The summed E-state index contributed by atoms with van der Waals surface area (Å²) in [5.41, 5.74) is 2.52. The Morgan fingerprint density at radius 2 is 2.08 bits per heavy atom. The number of guanidine groups is 1. The van der Waals surface area contributed by atoms with Gasteiger partial charge in [-0.25, -0.2) is 0 Å². The van der Waals surface area contributed by atoms with Gasteiger partial charge < -0.3 is 15.4 Å². The van der Waals surface area contributed by atoms with Crippen LogP contribution in [0.2, 0.25) is 0 Å². The van der Waals surface area contributed by atoms with Gasteiger partial charge in [0.25, 0.3) is 0 Å². The Kier molecular flexibility index (Phi) is 6.45. The number of nitrogens with zero attached hydrogens (tertiary/aromatic N) is 1. The lowest BCUT2D eigenvalue weighted by Gasteiger charge is -2.40. The Balaban J connectivity index is 0.00000196. The minimum atomic E-state index is -0.00176. The van der Waals surface area contributed by atoms with Crippen molar-refractivity contribution in [1.82, 2.24) is 10.6 Å². The van der Waals surface area contributed by atoms with E-state index >= 15 is 0 Å². The summed E-state index contributed by atoms with van der Waals surface area (Å²) in [5.74, 6) is 1.88. The SMILES string of the molecule is CN=C(NCc1ccsc1)NC1CC2(CCCC2)Oc2ccccc21.I. The van der Waals surface area contributed by atoms with Crippen LogP contribution in [0.4, 0.5) is 0 Å². The maximum Gasteiger partial charge on any atom is 0.191 e. The topological polar surface area (TPSA) is 45.7 Å². The van der Waals surface area contributed by atoms with Gasteiger partial charge in [-0.2, -0.15) is 11.3 Å². The molecule has 26 heavy (non-hydrogen) atoms. The highest BCUT2D eigenvalue weighted by molar-refractivity contribution is 14.0. The predicted octanol–water partition coefficient (Wildman–Crippen LogP) is 4.87. The molecule has 1 aromatic carbocycles. The molecule has 4 rings (SSSR count). The van der Waals surface area contributed by atoms with Crippen molar-refractivity contribution in [3.63, 3.8) is 0 Å². The molecule has 1 aliphatic heterocycles. The molecule has 1 saturated carbocycles. The van der Waals surface area contributed by atoms with Gasteiger partial charge in [-0.15, -0.1) is 24.0 Å². The Morgan fingerprint density at radius 3 is 2.81 bits per heavy atom. The van der Waals surface area contributed by atoms with Gasteiger partial charge in [0.1, 0.15) is 11.4 Å². The molecule has 1 fully saturated rings. The van der Waals surface area contributed by atoms with Crippen molar-refractivity contribution in [3.8, 4) is 5.75 Å². The van der Waals surface area contributed by atoms with Crippen LogP contribution in [0.1, 0.15) is 49.3 Å². The van der Waals surface area contributed by atoms with Crippen LogP contribution in [0, 0.1) is 0 Å². The number of para-hydroxylation sites is 1. The van der Waals surface area contributed by atoms with Crippen LogP contribution >= 0.6 is 35.3 Å². The maximum atomic E-state index is 6.45. The van der Waals surface area contributed by atoms with Crippen LogP contribution in [0.3, 0.4) is 0 Å². The van der Waals surface area contributed by atoms with Crippen molar-refractivity contribution in [3.05, 3.63) is 52.2 Å². The molecule has 1 aromatic heterocycles. The van der Waals surface area contributed by atoms with Crippen LogP contribution < -0.4 is 15.4 Å². The normalized spacial score (nSPS) is 20.8. The van der Waals surface area contributed by atoms with Crippen molar-refractivity contribution in [1.29, 1.82) is 0 Å². The van der Waals surface area contributed by atoms with Crippen LogP contribution in [-0.4, -0.2) is 18.6 Å². The van der Waals surface area contributed by atoms with Crippen LogP contribution in [-0.2, 0) is 6.54 Å². The second-order valence-corrected chi connectivity index (χ2v) is 7.77. The van der Waals surface area contributed by atoms with Crippen molar-refractivity contribution < 1.29 is 4.74 Å². The van der Waals surface area contributed by atoms with E-state index in [-0.39, 0.29) is 35.6 Å². The quantitative estimate of drug-likeness (QED) is 0.372. The van der Waals surface area contributed by atoms with Gasteiger partial charge in [0, 0.05) is 25.6 Å². The average molecular weight is 483 g/mol. The Labute approximate surface area is 176 Å². The lowest BCUT2D eigenvalue weighted by atomic mass is 9.86. The number of rotatable bonds is 3. The highest BCUT2D eigenvalue weighted by Gasteiger charge is 2.43. The van der Waals surface area contributed by atoms with Crippen molar-refractivity contribution in [2.75, 3.05) is 7.05 Å². The summed E-state index contributed by atoms with van der Waals surface area (Å²) in [6.45, 7) is 0.791. The molecule has 1 spiro atoms. The fourth-order valence-corrected chi connectivity index (χ4v) is 4.68. The molecule has 0 bridgehead atoms. The first kappa shape index (κ1) is 19.5. The first-order valence-corrected chi connectivity index (χ1v) is 9.98. The molecule has 2 aliphatic rings. The molecule has 2 heterocycles. The number of benzene rings is 1. The van der Waals surface area contributed by atoms with Gasteiger partial charge in [0.2, 0.25) is 0 Å². The number of halogens is 1. The highest BCUT2D eigenvalue weighted by Crippen LogP contribution is 2.46. The first-order chi connectivity index (χ1) is 12.3. The summed E-state index contributed by atoms with van der Waals surface area (Å²) in [6.07, 6.45) is 5.84. The van der Waals surface area contributed by atoms with Gasteiger partial charge in [-0.3, -0.25) is 4.99 Å². The fraction of sp³-hybridized carbons (Fsp3) is 0.450. The molecule has 0 radical (unpaired) electrons. The van der Waals surface area contributed by atoms with Gasteiger partial charge in [0.15, 0.2) is 5.96 Å². The zero-order chi connectivity index (χ0) is 17.1. The molecule has 1 unspecified atom stereocenters. The van der Waals surface area contributed by atoms with E-state index in [1.807, 2.05) is 7.05 Å². The molecular weight excluding hydrogens is 457 g/mol. The van der Waals surface area contributed by atoms with Crippen molar-refractivity contribution in [2.45, 2.75) is 50.3 Å². The summed E-state index contributed by atoms with van der Waals surface area (Å²) >= 11 is 1.72. The summed E-state index contributed by atoms with van der Waals surface area (Å²) in [5, 5.41) is 11.3. The molecule has 6 heteroatoms. The van der Waals surface area contributed by atoms with E-state index in [9.17, 15) is 0 Å². The van der Waals surface area contributed by atoms with Crippen LogP contribution in [0.15, 0.2) is 46.1 Å².